The number of furan rings is 1. The van der Waals surface area contributed by atoms with Gasteiger partial charge in [-0.1, -0.05) is 6.07 Å². The number of hydrogen-bond donors (Lipinski definition) is 2. The lowest BCUT2D eigenvalue weighted by molar-refractivity contribution is 0.122. The lowest BCUT2D eigenvalue weighted by Gasteiger charge is -2.29. The highest BCUT2D eigenvalue weighted by molar-refractivity contribution is 5.74. The molecule has 2 saturated heterocycles. The number of carbonyl (C=O) groups excluding carboxylic acids is 1. The normalized spacial score (nSPS) is 18.6. The van der Waals surface area contributed by atoms with Gasteiger partial charge in [-0.2, -0.15) is 0 Å². The van der Waals surface area contributed by atoms with Crippen molar-refractivity contribution in [3.8, 4) is 0 Å². The fourth-order valence-electron chi connectivity index (χ4n) is 4.00. The number of nitrogens with zero attached hydrogens (tertiary/aromatic N) is 3. The number of nitrogens with one attached hydrogen (secondary N) is 2. The molecule has 0 spiro atoms. The zero-order valence-corrected chi connectivity index (χ0v) is 16.7. The number of likely N-dealkylation sites (tertiary alicyclic amines) is 1. The molecule has 0 bridgehead atoms. The van der Waals surface area contributed by atoms with E-state index < -0.39 is 0 Å². The quantitative estimate of drug-likeness (QED) is 0.742. The SMILES string of the molecule is O=C(NCc1cccnc1N1CCOCC1)NCC(c1ccco1)N1CCCC1. The van der Waals surface area contributed by atoms with Gasteiger partial charge in [-0.05, 0) is 44.1 Å². The lowest BCUT2D eigenvalue weighted by atomic mass is 10.2. The second-order valence-electron chi connectivity index (χ2n) is 7.42. The number of amides is 2. The first-order valence-electron chi connectivity index (χ1n) is 10.4. The van der Waals surface area contributed by atoms with Crippen molar-refractivity contribution in [3.63, 3.8) is 0 Å². The van der Waals surface area contributed by atoms with E-state index in [4.69, 9.17) is 9.15 Å². The largest absolute Gasteiger partial charge is 0.468 e. The molecule has 0 radical (unpaired) electrons. The Kier molecular flexibility index (Phi) is 6.63. The third kappa shape index (κ3) is 5.07. The predicted molar refractivity (Wildman–Crippen MR) is 110 cm³/mol. The Morgan fingerprint density at radius 3 is 2.69 bits per heavy atom. The van der Waals surface area contributed by atoms with Gasteiger partial charge in [-0.25, -0.2) is 9.78 Å². The molecule has 2 fully saturated rings. The Hall–Kier alpha value is -2.58. The first-order chi connectivity index (χ1) is 14.3. The van der Waals surface area contributed by atoms with Crippen LogP contribution in [0.1, 0.15) is 30.2 Å². The molecule has 1 atom stereocenters. The molecule has 4 heterocycles. The molecular weight excluding hydrogens is 370 g/mol. The van der Waals surface area contributed by atoms with Crippen molar-refractivity contribution in [2.24, 2.45) is 0 Å². The van der Waals surface area contributed by atoms with Gasteiger partial charge in [0.25, 0.3) is 0 Å². The molecule has 0 saturated carbocycles. The van der Waals surface area contributed by atoms with Gasteiger partial charge < -0.3 is 24.7 Å². The van der Waals surface area contributed by atoms with Gasteiger partial charge in [-0.15, -0.1) is 0 Å². The minimum absolute atomic E-state index is 0.0700. The molecule has 2 aliphatic rings. The van der Waals surface area contributed by atoms with Crippen LogP contribution >= 0.6 is 0 Å². The van der Waals surface area contributed by atoms with Crippen LogP contribution in [0, 0.1) is 0 Å². The highest BCUT2D eigenvalue weighted by Gasteiger charge is 2.26. The number of anilines is 1. The standard InChI is InChI=1S/C21H29N5O3/c27-21(24-16-18(19-6-4-12-29-19)25-8-1-2-9-25)23-15-17-5-3-7-22-20(17)26-10-13-28-14-11-26/h3-7,12,18H,1-2,8-11,13-16H2,(H2,23,24,27). The van der Waals surface area contributed by atoms with E-state index in [9.17, 15) is 4.79 Å². The van der Waals surface area contributed by atoms with E-state index in [1.165, 1.54) is 12.8 Å². The van der Waals surface area contributed by atoms with Crippen molar-refractivity contribution in [1.82, 2.24) is 20.5 Å². The van der Waals surface area contributed by atoms with E-state index in [0.29, 0.717) is 26.3 Å². The maximum atomic E-state index is 12.5. The van der Waals surface area contributed by atoms with Crippen molar-refractivity contribution in [3.05, 3.63) is 48.0 Å². The fraction of sp³-hybridized carbons (Fsp3) is 0.524. The molecule has 2 aromatic rings. The third-order valence-electron chi connectivity index (χ3n) is 5.53. The van der Waals surface area contributed by atoms with E-state index in [2.05, 4.69) is 25.4 Å². The molecule has 2 N–H and O–H groups in total. The number of morpholine rings is 1. The molecule has 156 valence electrons. The predicted octanol–water partition coefficient (Wildman–Crippen LogP) is 2.15. The van der Waals surface area contributed by atoms with Gasteiger partial charge in [0.2, 0.25) is 0 Å². The summed E-state index contributed by atoms with van der Waals surface area (Å²) in [5, 5.41) is 5.98. The number of ether oxygens (including phenoxy) is 1. The molecule has 2 aliphatic heterocycles. The van der Waals surface area contributed by atoms with Gasteiger partial charge in [0.15, 0.2) is 0 Å². The number of rotatable bonds is 7. The van der Waals surface area contributed by atoms with E-state index in [-0.39, 0.29) is 12.1 Å². The minimum Gasteiger partial charge on any atom is -0.468 e. The number of hydrogen-bond acceptors (Lipinski definition) is 6. The number of aromatic nitrogens is 1. The molecule has 0 aromatic carbocycles. The summed E-state index contributed by atoms with van der Waals surface area (Å²) in [6.45, 7) is 6.06. The zero-order chi connectivity index (χ0) is 19.9. The van der Waals surface area contributed by atoms with Crippen LogP contribution in [-0.4, -0.2) is 61.9 Å². The molecule has 1 unspecified atom stereocenters. The Bertz CT molecular complexity index is 770. The van der Waals surface area contributed by atoms with Crippen LogP contribution in [0.2, 0.25) is 0 Å². The number of pyridine rings is 1. The maximum absolute atomic E-state index is 12.5. The summed E-state index contributed by atoms with van der Waals surface area (Å²) in [4.78, 5) is 21.6. The summed E-state index contributed by atoms with van der Waals surface area (Å²) in [6.07, 6.45) is 5.86. The molecule has 8 nitrogen and oxygen atoms in total. The van der Waals surface area contributed by atoms with Gasteiger partial charge in [-0.3, -0.25) is 4.90 Å². The first-order valence-corrected chi connectivity index (χ1v) is 10.4. The zero-order valence-electron chi connectivity index (χ0n) is 16.7. The molecule has 8 heteroatoms. The van der Waals surface area contributed by atoms with Crippen LogP contribution in [0.15, 0.2) is 41.1 Å². The summed E-state index contributed by atoms with van der Waals surface area (Å²) in [5.74, 6) is 1.82. The smallest absolute Gasteiger partial charge is 0.315 e. The molecule has 29 heavy (non-hydrogen) atoms. The van der Waals surface area contributed by atoms with Crippen LogP contribution in [-0.2, 0) is 11.3 Å². The second-order valence-corrected chi connectivity index (χ2v) is 7.42. The molecule has 2 aromatic heterocycles. The van der Waals surface area contributed by atoms with Gasteiger partial charge in [0.05, 0.1) is 25.5 Å². The van der Waals surface area contributed by atoms with Crippen LogP contribution in [0.4, 0.5) is 10.6 Å². The van der Waals surface area contributed by atoms with E-state index in [1.54, 1.807) is 12.5 Å². The molecule has 2 amide bonds. The molecular formula is C21H29N5O3. The third-order valence-corrected chi connectivity index (χ3v) is 5.53. The number of carbonyl (C=O) groups is 1. The summed E-state index contributed by atoms with van der Waals surface area (Å²) in [5.41, 5.74) is 1.01. The summed E-state index contributed by atoms with van der Waals surface area (Å²) in [6, 6.07) is 7.67. The van der Waals surface area contributed by atoms with Gasteiger partial charge >= 0.3 is 6.03 Å². The van der Waals surface area contributed by atoms with Crippen molar-refractivity contribution in [2.75, 3.05) is 50.8 Å². The van der Waals surface area contributed by atoms with Crippen LogP contribution in [0.25, 0.3) is 0 Å². The number of urea groups is 1. The first kappa shape index (κ1) is 19.7. The summed E-state index contributed by atoms with van der Waals surface area (Å²) >= 11 is 0. The Morgan fingerprint density at radius 1 is 1.10 bits per heavy atom. The summed E-state index contributed by atoms with van der Waals surface area (Å²) < 4.78 is 11.0. The highest BCUT2D eigenvalue weighted by atomic mass is 16.5. The van der Waals surface area contributed by atoms with Gasteiger partial charge in [0, 0.05) is 37.9 Å². The Morgan fingerprint density at radius 2 is 1.93 bits per heavy atom. The highest BCUT2D eigenvalue weighted by Crippen LogP contribution is 2.25. The fourth-order valence-corrected chi connectivity index (χ4v) is 4.00. The van der Waals surface area contributed by atoms with Crippen molar-refractivity contribution >= 4 is 11.8 Å². The van der Waals surface area contributed by atoms with Crippen LogP contribution in [0.3, 0.4) is 0 Å². The average Bonchev–Trinajstić information content (AvgIpc) is 3.48. The van der Waals surface area contributed by atoms with Gasteiger partial charge in [0.1, 0.15) is 11.6 Å². The van der Waals surface area contributed by atoms with Crippen LogP contribution < -0.4 is 15.5 Å². The summed E-state index contributed by atoms with van der Waals surface area (Å²) in [7, 11) is 0. The van der Waals surface area contributed by atoms with Crippen LogP contribution in [0.5, 0.6) is 0 Å². The van der Waals surface area contributed by atoms with Crippen molar-refractivity contribution in [1.29, 1.82) is 0 Å². The lowest BCUT2D eigenvalue weighted by Crippen LogP contribution is -2.42. The van der Waals surface area contributed by atoms with E-state index in [1.807, 2.05) is 24.3 Å². The molecule has 4 rings (SSSR count). The van der Waals surface area contributed by atoms with Crippen molar-refractivity contribution in [2.45, 2.75) is 25.4 Å². The minimum atomic E-state index is -0.183. The monoisotopic (exact) mass is 399 g/mol. The molecule has 0 aliphatic carbocycles. The second kappa shape index (κ2) is 9.76. The maximum Gasteiger partial charge on any atom is 0.315 e. The Labute approximate surface area is 171 Å². The van der Waals surface area contributed by atoms with Crippen molar-refractivity contribution < 1.29 is 13.9 Å². The Balaban J connectivity index is 1.32. The van der Waals surface area contributed by atoms with E-state index >= 15 is 0 Å². The average molecular weight is 399 g/mol. The van der Waals surface area contributed by atoms with E-state index in [0.717, 1.165) is 43.3 Å². The topological polar surface area (TPSA) is 82.9 Å².